The maximum Gasteiger partial charge on any atom is 0.0309 e. The largest absolute Gasteiger partial charge is 0.329 e. The van der Waals surface area contributed by atoms with Gasteiger partial charge in [0.25, 0.3) is 0 Å². The third-order valence-electron chi connectivity index (χ3n) is 5.41. The van der Waals surface area contributed by atoms with Crippen LogP contribution in [0.1, 0.15) is 72.1 Å². The summed E-state index contributed by atoms with van der Waals surface area (Å²) in [7, 11) is 0. The van der Waals surface area contributed by atoms with E-state index in [1.807, 2.05) is 0 Å². The van der Waals surface area contributed by atoms with Gasteiger partial charge in [0.05, 0.1) is 0 Å². The van der Waals surface area contributed by atoms with E-state index in [-0.39, 0.29) is 5.54 Å². The average molecular weight is 266 g/mol. The van der Waals surface area contributed by atoms with Crippen molar-refractivity contribution in [2.75, 3.05) is 13.1 Å². The van der Waals surface area contributed by atoms with E-state index < -0.39 is 0 Å². The molecular formula is C17H34N2. The molecule has 2 aliphatic rings. The monoisotopic (exact) mass is 266 g/mol. The van der Waals surface area contributed by atoms with Crippen LogP contribution in [0.15, 0.2) is 0 Å². The molecule has 19 heavy (non-hydrogen) atoms. The summed E-state index contributed by atoms with van der Waals surface area (Å²) in [5.74, 6) is 1.69. The topological polar surface area (TPSA) is 29.3 Å². The molecule has 2 N–H and O–H groups in total. The zero-order valence-corrected chi connectivity index (χ0v) is 13.3. The maximum atomic E-state index is 6.24. The van der Waals surface area contributed by atoms with Crippen LogP contribution in [0.4, 0.5) is 0 Å². The van der Waals surface area contributed by atoms with Gasteiger partial charge >= 0.3 is 0 Å². The molecule has 2 rings (SSSR count). The Morgan fingerprint density at radius 1 is 1.11 bits per heavy atom. The Kier molecular flexibility index (Phi) is 5.30. The molecule has 0 radical (unpaired) electrons. The van der Waals surface area contributed by atoms with Crippen molar-refractivity contribution in [2.24, 2.45) is 17.6 Å². The van der Waals surface area contributed by atoms with Crippen LogP contribution in [0.2, 0.25) is 0 Å². The van der Waals surface area contributed by atoms with Crippen molar-refractivity contribution < 1.29 is 0 Å². The van der Waals surface area contributed by atoms with Gasteiger partial charge in [-0.05, 0) is 38.0 Å². The minimum atomic E-state index is 0.240. The van der Waals surface area contributed by atoms with Crippen molar-refractivity contribution in [2.45, 2.75) is 83.7 Å². The minimum absolute atomic E-state index is 0.240. The maximum absolute atomic E-state index is 6.24. The second kappa shape index (κ2) is 6.58. The highest BCUT2D eigenvalue weighted by molar-refractivity contribution is 4.95. The van der Waals surface area contributed by atoms with Gasteiger partial charge in [-0.3, -0.25) is 4.90 Å². The molecule has 2 fully saturated rings. The van der Waals surface area contributed by atoms with Crippen LogP contribution in [0.5, 0.6) is 0 Å². The summed E-state index contributed by atoms with van der Waals surface area (Å²) in [5, 5.41) is 0. The smallest absolute Gasteiger partial charge is 0.0309 e. The summed E-state index contributed by atoms with van der Waals surface area (Å²) in [5.41, 5.74) is 6.48. The molecule has 0 amide bonds. The molecule has 0 saturated heterocycles. The number of rotatable bonds is 7. The van der Waals surface area contributed by atoms with Gasteiger partial charge in [0.1, 0.15) is 0 Å². The molecule has 0 heterocycles. The highest BCUT2D eigenvalue weighted by Crippen LogP contribution is 2.38. The first-order valence-electron chi connectivity index (χ1n) is 8.52. The lowest BCUT2D eigenvalue weighted by Crippen LogP contribution is -2.57. The molecule has 112 valence electrons. The van der Waals surface area contributed by atoms with Crippen LogP contribution in [-0.2, 0) is 0 Å². The molecule has 0 bridgehead atoms. The number of nitrogens with two attached hydrogens (primary N) is 1. The average Bonchev–Trinajstić information content (AvgIpc) is 2.84. The quantitative estimate of drug-likeness (QED) is 0.759. The van der Waals surface area contributed by atoms with Crippen LogP contribution in [0.25, 0.3) is 0 Å². The van der Waals surface area contributed by atoms with E-state index in [9.17, 15) is 0 Å². The highest BCUT2D eigenvalue weighted by Gasteiger charge is 2.39. The fourth-order valence-corrected chi connectivity index (χ4v) is 4.06. The lowest BCUT2D eigenvalue weighted by molar-refractivity contribution is 0.0222. The highest BCUT2D eigenvalue weighted by atomic mass is 15.2. The van der Waals surface area contributed by atoms with Crippen molar-refractivity contribution in [3.63, 3.8) is 0 Å². The fourth-order valence-electron chi connectivity index (χ4n) is 4.06. The molecule has 0 aromatic carbocycles. The van der Waals surface area contributed by atoms with Gasteiger partial charge in [-0.25, -0.2) is 0 Å². The lowest BCUT2D eigenvalue weighted by atomic mass is 9.75. The summed E-state index contributed by atoms with van der Waals surface area (Å²) >= 11 is 0. The number of hydrogen-bond donors (Lipinski definition) is 1. The van der Waals surface area contributed by atoms with Gasteiger partial charge in [0.15, 0.2) is 0 Å². The third-order valence-corrected chi connectivity index (χ3v) is 5.41. The molecular weight excluding hydrogens is 232 g/mol. The van der Waals surface area contributed by atoms with E-state index >= 15 is 0 Å². The van der Waals surface area contributed by atoms with E-state index in [0.717, 1.165) is 24.4 Å². The second-order valence-electron chi connectivity index (χ2n) is 7.69. The Bertz CT molecular complexity index is 266. The summed E-state index contributed by atoms with van der Waals surface area (Å²) in [6.07, 6.45) is 11.3. The summed E-state index contributed by atoms with van der Waals surface area (Å²) in [4.78, 5) is 2.81. The molecule has 0 spiro atoms. The SMILES string of the molecule is CC(C)CN(C1CCCC1)C(C)(CN)CC1CCC1. The minimum Gasteiger partial charge on any atom is -0.329 e. The Morgan fingerprint density at radius 3 is 2.16 bits per heavy atom. The van der Waals surface area contributed by atoms with Gasteiger partial charge < -0.3 is 5.73 Å². The van der Waals surface area contributed by atoms with Crippen molar-refractivity contribution in [1.82, 2.24) is 4.90 Å². The Hall–Kier alpha value is -0.0800. The molecule has 0 aromatic rings. The normalized spacial score (nSPS) is 24.9. The first kappa shape index (κ1) is 15.3. The molecule has 2 saturated carbocycles. The second-order valence-corrected chi connectivity index (χ2v) is 7.69. The summed E-state index contributed by atoms with van der Waals surface area (Å²) in [6.45, 7) is 9.19. The zero-order valence-electron chi connectivity index (χ0n) is 13.3. The predicted molar refractivity (Wildman–Crippen MR) is 83.2 cm³/mol. The van der Waals surface area contributed by atoms with Gasteiger partial charge in [-0.2, -0.15) is 0 Å². The van der Waals surface area contributed by atoms with E-state index in [2.05, 4.69) is 25.7 Å². The van der Waals surface area contributed by atoms with Gasteiger partial charge in [-0.15, -0.1) is 0 Å². The first-order chi connectivity index (χ1) is 9.05. The lowest BCUT2D eigenvalue weighted by Gasteiger charge is -2.48. The van der Waals surface area contributed by atoms with Gasteiger partial charge in [0, 0.05) is 24.7 Å². The van der Waals surface area contributed by atoms with E-state index in [1.165, 1.54) is 57.9 Å². The Morgan fingerprint density at radius 2 is 1.74 bits per heavy atom. The van der Waals surface area contributed by atoms with Crippen LogP contribution in [0, 0.1) is 11.8 Å². The first-order valence-corrected chi connectivity index (χ1v) is 8.52. The van der Waals surface area contributed by atoms with E-state index in [0.29, 0.717) is 0 Å². The number of hydrogen-bond acceptors (Lipinski definition) is 2. The predicted octanol–water partition coefficient (Wildman–Crippen LogP) is 3.79. The third kappa shape index (κ3) is 3.72. The zero-order chi connectivity index (χ0) is 13.9. The van der Waals surface area contributed by atoms with Crippen LogP contribution in [0.3, 0.4) is 0 Å². The van der Waals surface area contributed by atoms with Crippen molar-refractivity contribution >= 4 is 0 Å². The summed E-state index contributed by atoms with van der Waals surface area (Å²) in [6, 6.07) is 0.802. The fraction of sp³-hybridized carbons (Fsp3) is 1.00. The van der Waals surface area contributed by atoms with Gasteiger partial charge in [0.2, 0.25) is 0 Å². The van der Waals surface area contributed by atoms with Crippen molar-refractivity contribution in [1.29, 1.82) is 0 Å². The standard InChI is InChI=1S/C17H34N2/c1-14(2)12-19(16-9-4-5-10-16)17(3,13-18)11-15-7-6-8-15/h14-16H,4-13,18H2,1-3H3. The molecule has 0 aromatic heterocycles. The van der Waals surface area contributed by atoms with Crippen LogP contribution >= 0.6 is 0 Å². The molecule has 2 nitrogen and oxygen atoms in total. The van der Waals surface area contributed by atoms with E-state index in [4.69, 9.17) is 5.73 Å². The Labute approximate surface area is 120 Å². The molecule has 0 aliphatic heterocycles. The van der Waals surface area contributed by atoms with Crippen LogP contribution < -0.4 is 5.73 Å². The van der Waals surface area contributed by atoms with Crippen molar-refractivity contribution in [3.8, 4) is 0 Å². The number of nitrogens with zero attached hydrogens (tertiary/aromatic N) is 1. The molecule has 1 atom stereocenters. The molecule has 1 unspecified atom stereocenters. The van der Waals surface area contributed by atoms with Crippen molar-refractivity contribution in [3.05, 3.63) is 0 Å². The molecule has 2 aliphatic carbocycles. The van der Waals surface area contributed by atoms with Gasteiger partial charge in [-0.1, -0.05) is 46.0 Å². The Balaban J connectivity index is 2.06. The van der Waals surface area contributed by atoms with Crippen LogP contribution in [-0.4, -0.2) is 29.6 Å². The molecule has 2 heteroatoms. The summed E-state index contributed by atoms with van der Waals surface area (Å²) < 4.78 is 0. The van der Waals surface area contributed by atoms with E-state index in [1.54, 1.807) is 0 Å².